The van der Waals surface area contributed by atoms with Crippen molar-refractivity contribution in [3.8, 4) is 11.6 Å². The molecule has 0 spiro atoms. The predicted molar refractivity (Wildman–Crippen MR) is 65.1 cm³/mol. The fourth-order valence-corrected chi connectivity index (χ4v) is 1.84. The fourth-order valence-electron chi connectivity index (χ4n) is 1.84. The van der Waals surface area contributed by atoms with E-state index in [0.717, 1.165) is 17.7 Å². The number of nitrogens with zero attached hydrogens (tertiary/aromatic N) is 2. The first-order chi connectivity index (χ1) is 9.16. The maximum Gasteiger partial charge on any atom is 0.232 e. The van der Waals surface area contributed by atoms with Gasteiger partial charge in [-0.15, -0.1) is 0 Å². The summed E-state index contributed by atoms with van der Waals surface area (Å²) in [5.41, 5.74) is 1.39. The molecule has 1 N–H and O–H groups in total. The highest BCUT2D eigenvalue weighted by Gasteiger charge is 2.15. The van der Waals surface area contributed by atoms with Gasteiger partial charge >= 0.3 is 0 Å². The molecular weight excluding hydrogens is 252 g/mol. The molecule has 0 aliphatic carbocycles. The van der Waals surface area contributed by atoms with Crippen LogP contribution in [0.15, 0.2) is 30.7 Å². The van der Waals surface area contributed by atoms with E-state index in [2.05, 4.69) is 15.0 Å². The van der Waals surface area contributed by atoms with Crippen LogP contribution in [0.4, 0.5) is 8.78 Å². The lowest BCUT2D eigenvalue weighted by Crippen LogP contribution is -1.95. The molecule has 0 amide bonds. The van der Waals surface area contributed by atoms with Gasteiger partial charge in [-0.25, -0.2) is 18.7 Å². The van der Waals surface area contributed by atoms with Gasteiger partial charge in [0.1, 0.15) is 12.0 Å². The van der Waals surface area contributed by atoms with Crippen molar-refractivity contribution < 1.29 is 13.5 Å². The summed E-state index contributed by atoms with van der Waals surface area (Å²) < 4.78 is 32.4. The Labute approximate surface area is 107 Å². The summed E-state index contributed by atoms with van der Waals surface area (Å²) in [6.45, 7) is 1.83. The number of fused-ring (bicyclic) bond motifs is 1. The molecule has 3 rings (SSSR count). The average Bonchev–Trinajstić information content (AvgIpc) is 2.77. The highest BCUT2D eigenvalue weighted by Crippen LogP contribution is 2.31. The number of aryl methyl sites for hydroxylation is 1. The zero-order chi connectivity index (χ0) is 13.4. The summed E-state index contributed by atoms with van der Waals surface area (Å²) in [5, 5.41) is 0.602. The Morgan fingerprint density at radius 3 is 2.63 bits per heavy atom. The predicted octanol–water partition coefficient (Wildman–Crippen LogP) is 3.34. The van der Waals surface area contributed by atoms with Crippen LogP contribution in [-0.4, -0.2) is 15.0 Å². The molecule has 0 bridgehead atoms. The van der Waals surface area contributed by atoms with Gasteiger partial charge in [0.2, 0.25) is 11.6 Å². The number of aromatic nitrogens is 3. The summed E-state index contributed by atoms with van der Waals surface area (Å²) in [5.74, 6) is -1.91. The minimum atomic E-state index is -0.778. The average molecular weight is 261 g/mol. The van der Waals surface area contributed by atoms with Gasteiger partial charge < -0.3 is 9.72 Å². The third-order valence-corrected chi connectivity index (χ3v) is 2.75. The van der Waals surface area contributed by atoms with E-state index in [0.29, 0.717) is 11.0 Å². The van der Waals surface area contributed by atoms with Crippen molar-refractivity contribution in [2.24, 2.45) is 0 Å². The van der Waals surface area contributed by atoms with E-state index >= 15 is 0 Å². The highest BCUT2D eigenvalue weighted by molar-refractivity contribution is 5.84. The number of hydrogen-bond donors (Lipinski definition) is 1. The molecule has 3 aromatic rings. The van der Waals surface area contributed by atoms with Crippen LogP contribution in [0.5, 0.6) is 11.6 Å². The Balaban J connectivity index is 2.13. The zero-order valence-electron chi connectivity index (χ0n) is 9.95. The minimum Gasteiger partial charge on any atom is -0.432 e. The minimum absolute atomic E-state index is 0.118. The van der Waals surface area contributed by atoms with Crippen LogP contribution in [0.1, 0.15) is 5.56 Å². The van der Waals surface area contributed by atoms with Crippen molar-refractivity contribution in [2.75, 3.05) is 0 Å². The molecule has 0 radical (unpaired) electrons. The second-order valence-corrected chi connectivity index (χ2v) is 4.03. The second-order valence-electron chi connectivity index (χ2n) is 4.03. The van der Waals surface area contributed by atoms with Crippen molar-refractivity contribution in [1.82, 2.24) is 15.0 Å². The van der Waals surface area contributed by atoms with E-state index in [-0.39, 0.29) is 5.88 Å². The monoisotopic (exact) mass is 261 g/mol. The smallest absolute Gasteiger partial charge is 0.232 e. The molecule has 96 valence electrons. The van der Waals surface area contributed by atoms with Crippen molar-refractivity contribution in [3.05, 3.63) is 47.9 Å². The number of ether oxygens (including phenoxy) is 1. The molecule has 2 aromatic heterocycles. The first-order valence-electron chi connectivity index (χ1n) is 5.57. The largest absolute Gasteiger partial charge is 0.432 e. The quantitative estimate of drug-likeness (QED) is 0.769. The first kappa shape index (κ1) is 11.6. The number of hydrogen-bond acceptors (Lipinski definition) is 3. The Hall–Kier alpha value is -2.50. The standard InChI is InChI=1S/C13H9F2N3O/c1-7-5-16-12-10(7)13(18-6-17-12)19-11-8(14)3-2-4-9(11)15/h2-6H,1H3,(H,16,17,18). The third-order valence-electron chi connectivity index (χ3n) is 2.75. The maximum absolute atomic E-state index is 13.5. The number of H-pyrrole nitrogens is 1. The number of nitrogens with one attached hydrogen (secondary N) is 1. The van der Waals surface area contributed by atoms with E-state index in [9.17, 15) is 8.78 Å². The highest BCUT2D eigenvalue weighted by atomic mass is 19.1. The van der Waals surface area contributed by atoms with E-state index in [4.69, 9.17) is 4.74 Å². The van der Waals surface area contributed by atoms with Crippen LogP contribution in [0.25, 0.3) is 11.0 Å². The summed E-state index contributed by atoms with van der Waals surface area (Å²) in [4.78, 5) is 10.9. The maximum atomic E-state index is 13.5. The molecule has 0 fully saturated rings. The van der Waals surface area contributed by atoms with E-state index in [1.807, 2.05) is 6.92 Å². The molecule has 0 unspecified atom stereocenters. The molecule has 0 aliphatic rings. The van der Waals surface area contributed by atoms with Crippen molar-refractivity contribution in [1.29, 1.82) is 0 Å². The second kappa shape index (κ2) is 4.31. The normalized spacial score (nSPS) is 10.9. The molecule has 0 atom stereocenters. The van der Waals surface area contributed by atoms with Gasteiger partial charge in [0.15, 0.2) is 11.6 Å². The zero-order valence-corrected chi connectivity index (χ0v) is 9.95. The van der Waals surface area contributed by atoms with E-state index < -0.39 is 17.4 Å². The number of rotatable bonds is 2. The molecule has 0 saturated carbocycles. The number of halogens is 2. The number of para-hydroxylation sites is 1. The summed E-state index contributed by atoms with van der Waals surface area (Å²) in [7, 11) is 0. The van der Waals surface area contributed by atoms with Gasteiger partial charge in [0, 0.05) is 6.20 Å². The third kappa shape index (κ3) is 1.91. The molecule has 1 aromatic carbocycles. The van der Waals surface area contributed by atoms with E-state index in [1.165, 1.54) is 12.4 Å². The van der Waals surface area contributed by atoms with Crippen LogP contribution >= 0.6 is 0 Å². The molecule has 6 heteroatoms. The van der Waals surface area contributed by atoms with Gasteiger partial charge in [-0.1, -0.05) is 6.07 Å². The van der Waals surface area contributed by atoms with Crippen LogP contribution in [0.3, 0.4) is 0 Å². The van der Waals surface area contributed by atoms with Crippen LogP contribution in [0, 0.1) is 18.6 Å². The van der Waals surface area contributed by atoms with Crippen LogP contribution in [0.2, 0.25) is 0 Å². The lowest BCUT2D eigenvalue weighted by Gasteiger charge is -2.07. The van der Waals surface area contributed by atoms with E-state index in [1.54, 1.807) is 6.20 Å². The molecule has 0 aliphatic heterocycles. The molecular formula is C13H9F2N3O. The molecule has 19 heavy (non-hydrogen) atoms. The Morgan fingerprint density at radius 2 is 1.89 bits per heavy atom. The summed E-state index contributed by atoms with van der Waals surface area (Å²) in [6.07, 6.45) is 3.00. The van der Waals surface area contributed by atoms with Gasteiger partial charge in [-0.05, 0) is 24.6 Å². The topological polar surface area (TPSA) is 50.8 Å². The van der Waals surface area contributed by atoms with Crippen LogP contribution in [-0.2, 0) is 0 Å². The SMILES string of the molecule is Cc1c[nH]c2ncnc(Oc3c(F)cccc3F)c12. The molecule has 4 nitrogen and oxygen atoms in total. The molecule has 2 heterocycles. The van der Waals surface area contributed by atoms with Crippen LogP contribution < -0.4 is 4.74 Å². The number of aromatic amines is 1. The summed E-state index contributed by atoms with van der Waals surface area (Å²) >= 11 is 0. The lowest BCUT2D eigenvalue weighted by molar-refractivity contribution is 0.399. The Bertz CT molecular complexity index is 734. The van der Waals surface area contributed by atoms with Crippen molar-refractivity contribution in [3.63, 3.8) is 0 Å². The van der Waals surface area contributed by atoms with Crippen molar-refractivity contribution >= 4 is 11.0 Å². The Morgan fingerprint density at radius 1 is 1.16 bits per heavy atom. The number of benzene rings is 1. The van der Waals surface area contributed by atoms with Gasteiger partial charge in [0.05, 0.1) is 5.39 Å². The van der Waals surface area contributed by atoms with Gasteiger partial charge in [0.25, 0.3) is 0 Å². The molecule has 0 saturated heterocycles. The van der Waals surface area contributed by atoms with Gasteiger partial charge in [-0.2, -0.15) is 0 Å². The fraction of sp³-hybridized carbons (Fsp3) is 0.0769. The van der Waals surface area contributed by atoms with Crippen molar-refractivity contribution in [2.45, 2.75) is 6.92 Å². The first-order valence-corrected chi connectivity index (χ1v) is 5.57. The summed E-state index contributed by atoms with van der Waals surface area (Å²) in [6, 6.07) is 3.52. The Kier molecular flexibility index (Phi) is 2.63. The lowest BCUT2D eigenvalue weighted by atomic mass is 10.2. The van der Waals surface area contributed by atoms with Gasteiger partial charge in [-0.3, -0.25) is 0 Å².